The molecule has 0 aromatic carbocycles. The first-order chi connectivity index (χ1) is 12.0. The summed E-state index contributed by atoms with van der Waals surface area (Å²) < 4.78 is 0. The summed E-state index contributed by atoms with van der Waals surface area (Å²) in [6.45, 7) is 4.48. The number of amides is 3. The molecule has 0 radical (unpaired) electrons. The second-order valence-electron chi connectivity index (χ2n) is 7.87. The Kier molecular flexibility index (Phi) is 5.97. The van der Waals surface area contributed by atoms with E-state index in [1.165, 1.54) is 12.8 Å². The second kappa shape index (κ2) is 8.19. The number of piperidine rings is 2. The molecule has 3 fully saturated rings. The summed E-state index contributed by atoms with van der Waals surface area (Å²) in [4.78, 5) is 40.1. The maximum Gasteiger partial charge on any atom is 0.225 e. The number of nitrogens with zero attached hydrogens (tertiary/aromatic N) is 2. The van der Waals surface area contributed by atoms with Gasteiger partial charge in [0.25, 0.3) is 0 Å². The first kappa shape index (κ1) is 18.2. The maximum atomic E-state index is 12.5. The smallest absolute Gasteiger partial charge is 0.225 e. The summed E-state index contributed by atoms with van der Waals surface area (Å²) in [5.41, 5.74) is 0. The molecule has 0 bridgehead atoms. The third-order valence-electron chi connectivity index (χ3n) is 6.17. The molecule has 2 saturated heterocycles. The van der Waals surface area contributed by atoms with E-state index in [1.807, 2.05) is 9.80 Å². The van der Waals surface area contributed by atoms with Gasteiger partial charge in [-0.05, 0) is 38.5 Å². The second-order valence-corrected chi connectivity index (χ2v) is 7.87. The van der Waals surface area contributed by atoms with Gasteiger partial charge >= 0.3 is 0 Å². The first-order valence-electron chi connectivity index (χ1n) is 9.89. The quantitative estimate of drug-likeness (QED) is 0.840. The summed E-state index contributed by atoms with van der Waals surface area (Å²) in [6.07, 6.45) is 7.70. The zero-order valence-corrected chi connectivity index (χ0v) is 15.3. The lowest BCUT2D eigenvalue weighted by Crippen LogP contribution is -2.50. The summed E-state index contributed by atoms with van der Waals surface area (Å²) in [5.74, 6) is 0.826. The summed E-state index contributed by atoms with van der Waals surface area (Å²) in [6, 6.07) is 0.186. The monoisotopic (exact) mass is 349 g/mol. The van der Waals surface area contributed by atoms with Crippen molar-refractivity contribution in [1.82, 2.24) is 15.1 Å². The Labute approximate surface area is 150 Å². The van der Waals surface area contributed by atoms with Crippen LogP contribution in [0.2, 0.25) is 0 Å². The Morgan fingerprint density at radius 1 is 0.760 bits per heavy atom. The molecule has 1 saturated carbocycles. The highest BCUT2D eigenvalue weighted by atomic mass is 16.2. The SMILES string of the molecule is CC(=O)N1CCC(C(=O)NC2CCN(C(=O)C3CCCC3)CC2)CC1. The Hall–Kier alpha value is -1.59. The van der Waals surface area contributed by atoms with E-state index in [1.54, 1.807) is 6.92 Å². The Morgan fingerprint density at radius 3 is 1.88 bits per heavy atom. The van der Waals surface area contributed by atoms with Crippen molar-refractivity contribution in [2.45, 2.75) is 64.3 Å². The minimum Gasteiger partial charge on any atom is -0.353 e. The standard InChI is InChI=1S/C19H31N3O3/c1-14(23)21-10-6-15(7-11-21)18(24)20-17-8-12-22(13-9-17)19(25)16-4-2-3-5-16/h15-17H,2-13H2,1H3,(H,20,24). The van der Waals surface area contributed by atoms with E-state index < -0.39 is 0 Å². The zero-order valence-electron chi connectivity index (χ0n) is 15.3. The Bertz CT molecular complexity index is 500. The molecule has 25 heavy (non-hydrogen) atoms. The molecule has 1 N–H and O–H groups in total. The summed E-state index contributed by atoms with van der Waals surface area (Å²) in [5, 5.41) is 3.18. The van der Waals surface area contributed by atoms with E-state index in [0.717, 1.165) is 51.6 Å². The van der Waals surface area contributed by atoms with Gasteiger partial charge in [-0.15, -0.1) is 0 Å². The van der Waals surface area contributed by atoms with Crippen LogP contribution >= 0.6 is 0 Å². The summed E-state index contributed by atoms with van der Waals surface area (Å²) >= 11 is 0. The molecule has 0 spiro atoms. The van der Waals surface area contributed by atoms with E-state index in [4.69, 9.17) is 0 Å². The van der Waals surface area contributed by atoms with Crippen LogP contribution in [0.25, 0.3) is 0 Å². The maximum absolute atomic E-state index is 12.5. The molecule has 3 aliphatic rings. The Morgan fingerprint density at radius 2 is 1.32 bits per heavy atom. The van der Waals surface area contributed by atoms with Gasteiger partial charge < -0.3 is 15.1 Å². The van der Waals surface area contributed by atoms with Crippen LogP contribution in [0.1, 0.15) is 58.3 Å². The van der Waals surface area contributed by atoms with Gasteiger partial charge in [-0.2, -0.15) is 0 Å². The van der Waals surface area contributed by atoms with Gasteiger partial charge in [0.2, 0.25) is 17.7 Å². The molecule has 3 rings (SSSR count). The molecule has 6 nitrogen and oxygen atoms in total. The summed E-state index contributed by atoms with van der Waals surface area (Å²) in [7, 11) is 0. The number of nitrogens with one attached hydrogen (secondary N) is 1. The molecular formula is C19H31N3O3. The minimum atomic E-state index is 0.0220. The van der Waals surface area contributed by atoms with Gasteiger partial charge in [-0.1, -0.05) is 12.8 Å². The van der Waals surface area contributed by atoms with Crippen LogP contribution in [0.5, 0.6) is 0 Å². The normalized spacial score (nSPS) is 23.7. The van der Waals surface area contributed by atoms with Crippen LogP contribution in [0, 0.1) is 11.8 Å². The fourth-order valence-corrected chi connectivity index (χ4v) is 4.45. The lowest BCUT2D eigenvalue weighted by molar-refractivity contribution is -0.137. The predicted molar refractivity (Wildman–Crippen MR) is 94.7 cm³/mol. The van der Waals surface area contributed by atoms with Crippen molar-refractivity contribution in [3.8, 4) is 0 Å². The van der Waals surface area contributed by atoms with Crippen molar-refractivity contribution >= 4 is 17.7 Å². The molecule has 6 heteroatoms. The number of likely N-dealkylation sites (tertiary alicyclic amines) is 2. The van der Waals surface area contributed by atoms with Crippen LogP contribution in [-0.4, -0.2) is 59.7 Å². The van der Waals surface area contributed by atoms with Crippen molar-refractivity contribution in [2.24, 2.45) is 11.8 Å². The molecule has 2 aliphatic heterocycles. The van der Waals surface area contributed by atoms with E-state index in [-0.39, 0.29) is 29.7 Å². The third kappa shape index (κ3) is 4.53. The number of hydrogen-bond donors (Lipinski definition) is 1. The fourth-order valence-electron chi connectivity index (χ4n) is 4.45. The van der Waals surface area contributed by atoms with Crippen molar-refractivity contribution < 1.29 is 14.4 Å². The highest BCUT2D eigenvalue weighted by Gasteiger charge is 2.32. The highest BCUT2D eigenvalue weighted by Crippen LogP contribution is 2.27. The fraction of sp³-hybridized carbons (Fsp3) is 0.842. The van der Waals surface area contributed by atoms with E-state index >= 15 is 0 Å². The molecule has 2 heterocycles. The molecule has 140 valence electrons. The van der Waals surface area contributed by atoms with Crippen LogP contribution in [-0.2, 0) is 14.4 Å². The average Bonchev–Trinajstić information content (AvgIpc) is 3.16. The van der Waals surface area contributed by atoms with Crippen molar-refractivity contribution in [3.63, 3.8) is 0 Å². The van der Waals surface area contributed by atoms with Crippen LogP contribution in [0.15, 0.2) is 0 Å². The lowest BCUT2D eigenvalue weighted by Gasteiger charge is -2.35. The topological polar surface area (TPSA) is 69.7 Å². The molecule has 3 amide bonds. The molecule has 0 aromatic heterocycles. The largest absolute Gasteiger partial charge is 0.353 e. The molecule has 0 aromatic rings. The molecule has 1 aliphatic carbocycles. The number of carbonyl (C=O) groups excluding carboxylic acids is 3. The third-order valence-corrected chi connectivity index (χ3v) is 6.17. The van der Waals surface area contributed by atoms with Crippen LogP contribution < -0.4 is 5.32 Å². The van der Waals surface area contributed by atoms with Gasteiger partial charge in [0.15, 0.2) is 0 Å². The van der Waals surface area contributed by atoms with Crippen LogP contribution in [0.4, 0.5) is 0 Å². The number of carbonyl (C=O) groups is 3. The first-order valence-corrected chi connectivity index (χ1v) is 9.89. The number of hydrogen-bond acceptors (Lipinski definition) is 3. The molecule has 0 unspecified atom stereocenters. The predicted octanol–water partition coefficient (Wildman–Crippen LogP) is 1.54. The van der Waals surface area contributed by atoms with Gasteiger partial charge in [-0.25, -0.2) is 0 Å². The van der Waals surface area contributed by atoms with Crippen molar-refractivity contribution in [3.05, 3.63) is 0 Å². The minimum absolute atomic E-state index is 0.0220. The average molecular weight is 349 g/mol. The lowest BCUT2D eigenvalue weighted by atomic mass is 9.94. The highest BCUT2D eigenvalue weighted by molar-refractivity contribution is 5.80. The number of rotatable bonds is 3. The van der Waals surface area contributed by atoms with E-state index in [9.17, 15) is 14.4 Å². The zero-order chi connectivity index (χ0) is 17.8. The van der Waals surface area contributed by atoms with Gasteiger partial charge in [0.1, 0.15) is 0 Å². The van der Waals surface area contributed by atoms with Gasteiger partial charge in [-0.3, -0.25) is 14.4 Å². The van der Waals surface area contributed by atoms with E-state index in [2.05, 4.69) is 5.32 Å². The van der Waals surface area contributed by atoms with Crippen molar-refractivity contribution in [1.29, 1.82) is 0 Å². The van der Waals surface area contributed by atoms with Crippen molar-refractivity contribution in [2.75, 3.05) is 26.2 Å². The Balaban J connectivity index is 1.39. The van der Waals surface area contributed by atoms with Gasteiger partial charge in [0, 0.05) is 51.0 Å². The molecular weight excluding hydrogens is 318 g/mol. The van der Waals surface area contributed by atoms with Crippen LogP contribution in [0.3, 0.4) is 0 Å². The van der Waals surface area contributed by atoms with E-state index in [0.29, 0.717) is 19.0 Å². The molecule has 0 atom stereocenters. The van der Waals surface area contributed by atoms with Gasteiger partial charge in [0.05, 0.1) is 0 Å².